The van der Waals surface area contributed by atoms with Gasteiger partial charge in [-0.05, 0) is 17.6 Å². The molecule has 0 amide bonds. The van der Waals surface area contributed by atoms with Gasteiger partial charge in [0.05, 0.1) is 7.11 Å². The smallest absolute Gasteiger partial charge is 0.488 e. The Hall–Kier alpha value is -1.04. The van der Waals surface area contributed by atoms with Gasteiger partial charge in [-0.2, -0.15) is 0 Å². The van der Waals surface area contributed by atoms with Crippen molar-refractivity contribution in [3.05, 3.63) is 24.3 Å². The zero-order valence-corrected chi connectivity index (χ0v) is 6.69. The van der Waals surface area contributed by atoms with Crippen molar-refractivity contribution < 1.29 is 20.3 Å². The zero-order chi connectivity index (χ0) is 8.27. The fourth-order valence-electron chi connectivity index (χ4n) is 0.776. The molecule has 0 saturated heterocycles. The largest absolute Gasteiger partial charge is 0.497 e. The van der Waals surface area contributed by atoms with E-state index in [1.807, 2.05) is 0 Å². The molecule has 0 saturated carbocycles. The van der Waals surface area contributed by atoms with Crippen LogP contribution in [0.2, 0.25) is 0 Å². The van der Waals surface area contributed by atoms with E-state index in [-0.39, 0.29) is 5.48 Å². The van der Waals surface area contributed by atoms with Gasteiger partial charge in [-0.1, -0.05) is 12.1 Å². The lowest BCUT2D eigenvalue weighted by atomic mass is 9.80. The van der Waals surface area contributed by atoms with Crippen molar-refractivity contribution in [1.82, 2.24) is 0 Å². The molecule has 0 atom stereocenters. The van der Waals surface area contributed by atoms with Gasteiger partial charge in [0.1, 0.15) is 5.75 Å². The summed E-state index contributed by atoms with van der Waals surface area (Å²) in [5.74, 6) is 0.703. The van der Waals surface area contributed by atoms with Crippen LogP contribution < -0.4 is 10.2 Å². The summed E-state index contributed by atoms with van der Waals surface area (Å²) in [5.41, 5.74) is 0.464. The lowest BCUT2D eigenvalue weighted by molar-refractivity contribution is 0.414. The summed E-state index contributed by atoms with van der Waals surface area (Å²) in [6.45, 7) is 0. The predicted octanol–water partition coefficient (Wildman–Crippen LogP) is -1.45. The highest BCUT2D eigenvalue weighted by Crippen LogP contribution is 2.05. The van der Waals surface area contributed by atoms with Gasteiger partial charge in [0.15, 0.2) is 0 Å². The highest BCUT2D eigenvalue weighted by molar-refractivity contribution is 6.58. The molecule has 0 spiro atoms. The lowest BCUT2D eigenvalue weighted by Gasteiger charge is -2.00. The van der Waals surface area contributed by atoms with Crippen molar-refractivity contribution in [2.45, 2.75) is 0 Å². The Labute approximate surface area is 70.9 Å². The Morgan fingerprint density at radius 3 is 2.00 bits per heavy atom. The van der Waals surface area contributed by atoms with E-state index in [1.165, 1.54) is 0 Å². The maximum absolute atomic E-state index is 8.70. The molecule has 5 heteroatoms. The molecule has 0 unspecified atom stereocenters. The third kappa shape index (κ3) is 2.54. The normalized spacial score (nSPS) is 8.58. The molecule has 0 aliphatic heterocycles. The number of hydrogen-bond acceptors (Lipinski definition) is 3. The van der Waals surface area contributed by atoms with Gasteiger partial charge in [-0.15, -0.1) is 0 Å². The molecule has 0 aliphatic rings. The molecule has 1 rings (SSSR count). The molecule has 0 heterocycles. The Balaban J connectivity index is 0.00000121. The monoisotopic (exact) mass is 170 g/mol. The van der Waals surface area contributed by atoms with E-state index in [4.69, 9.17) is 14.8 Å². The predicted molar refractivity (Wildman–Crippen MR) is 46.4 cm³/mol. The minimum atomic E-state index is -1.40. The second kappa shape index (κ2) is 4.76. The molecule has 0 radical (unpaired) electrons. The van der Waals surface area contributed by atoms with E-state index in [0.29, 0.717) is 11.2 Å². The second-order valence-electron chi connectivity index (χ2n) is 2.15. The first-order chi connectivity index (χ1) is 5.24. The minimum absolute atomic E-state index is 0. The number of benzene rings is 1. The Bertz CT molecular complexity index is 221. The third-order valence-corrected chi connectivity index (χ3v) is 1.41. The van der Waals surface area contributed by atoms with Crippen LogP contribution in [0.3, 0.4) is 0 Å². The number of rotatable bonds is 2. The van der Waals surface area contributed by atoms with Crippen molar-refractivity contribution in [2.24, 2.45) is 0 Å². The fraction of sp³-hybridized carbons (Fsp3) is 0.143. The van der Waals surface area contributed by atoms with E-state index in [1.54, 1.807) is 31.4 Å². The minimum Gasteiger partial charge on any atom is -0.497 e. The lowest BCUT2D eigenvalue weighted by Crippen LogP contribution is -2.29. The van der Waals surface area contributed by atoms with E-state index in [9.17, 15) is 0 Å². The number of methoxy groups -OCH3 is 1. The quantitative estimate of drug-likeness (QED) is 0.532. The van der Waals surface area contributed by atoms with E-state index >= 15 is 0 Å². The van der Waals surface area contributed by atoms with Gasteiger partial charge in [-0.25, -0.2) is 0 Å². The Morgan fingerprint density at radius 1 is 1.17 bits per heavy atom. The highest BCUT2D eigenvalue weighted by Gasteiger charge is 2.09. The van der Waals surface area contributed by atoms with Crippen LogP contribution in [0.5, 0.6) is 5.75 Å². The van der Waals surface area contributed by atoms with Crippen LogP contribution in [0.1, 0.15) is 0 Å². The van der Waals surface area contributed by atoms with Gasteiger partial charge in [0, 0.05) is 0 Å². The Kier molecular flexibility index (Phi) is 4.35. The number of hydrogen-bond donors (Lipinski definition) is 2. The molecule has 66 valence electrons. The van der Waals surface area contributed by atoms with Crippen molar-refractivity contribution in [1.29, 1.82) is 0 Å². The molecule has 0 bridgehead atoms. The first-order valence-corrected chi connectivity index (χ1v) is 3.24. The Morgan fingerprint density at radius 2 is 1.67 bits per heavy atom. The van der Waals surface area contributed by atoms with Crippen LogP contribution in [0, 0.1) is 0 Å². The van der Waals surface area contributed by atoms with Crippen molar-refractivity contribution in [3.63, 3.8) is 0 Å². The highest BCUT2D eigenvalue weighted by atomic mass is 16.5. The summed E-state index contributed by atoms with van der Waals surface area (Å²) in [7, 11) is 0.158. The molecule has 0 fully saturated rings. The van der Waals surface area contributed by atoms with Gasteiger partial charge in [0.25, 0.3) is 0 Å². The molecule has 0 aromatic heterocycles. The average molecular weight is 170 g/mol. The van der Waals surface area contributed by atoms with Crippen molar-refractivity contribution in [3.8, 4) is 5.75 Å². The van der Waals surface area contributed by atoms with E-state index in [2.05, 4.69) is 0 Å². The zero-order valence-electron chi connectivity index (χ0n) is 6.69. The van der Waals surface area contributed by atoms with Crippen LogP contribution in [0.15, 0.2) is 24.3 Å². The summed E-state index contributed by atoms with van der Waals surface area (Å²) < 4.78 is 4.89. The molecule has 0 aliphatic carbocycles. The summed E-state index contributed by atoms with van der Waals surface area (Å²) >= 11 is 0. The maximum Gasteiger partial charge on any atom is 0.488 e. The summed E-state index contributed by atoms with van der Waals surface area (Å²) in [6, 6.07) is 6.55. The molecule has 12 heavy (non-hydrogen) atoms. The first kappa shape index (κ1) is 11.0. The molecule has 1 aromatic rings. The standard InChI is InChI=1S/C7H9BO3.H2O/c1-11-7-4-2-6(3-5-7)8(9)10;/h2-5,9-10H,1H3;1H2. The topological polar surface area (TPSA) is 81.2 Å². The third-order valence-electron chi connectivity index (χ3n) is 1.41. The number of ether oxygens (including phenoxy) is 1. The van der Waals surface area contributed by atoms with Crippen molar-refractivity contribution >= 4 is 12.6 Å². The molecule has 4 nitrogen and oxygen atoms in total. The van der Waals surface area contributed by atoms with Crippen molar-refractivity contribution in [2.75, 3.05) is 7.11 Å². The molecular formula is C7H11BO4. The van der Waals surface area contributed by atoms with Gasteiger partial charge in [-0.3, -0.25) is 0 Å². The van der Waals surface area contributed by atoms with Crippen LogP contribution in [-0.4, -0.2) is 29.8 Å². The van der Waals surface area contributed by atoms with Gasteiger partial charge >= 0.3 is 7.12 Å². The summed E-state index contributed by atoms with van der Waals surface area (Å²) in [5, 5.41) is 17.4. The van der Waals surface area contributed by atoms with E-state index < -0.39 is 7.12 Å². The maximum atomic E-state index is 8.70. The molecule has 1 aromatic carbocycles. The second-order valence-corrected chi connectivity index (χ2v) is 2.15. The van der Waals surface area contributed by atoms with Gasteiger partial charge < -0.3 is 20.3 Å². The van der Waals surface area contributed by atoms with Crippen LogP contribution in [0.4, 0.5) is 0 Å². The first-order valence-electron chi connectivity index (χ1n) is 3.24. The van der Waals surface area contributed by atoms with Crippen LogP contribution in [-0.2, 0) is 0 Å². The summed E-state index contributed by atoms with van der Waals surface area (Å²) in [4.78, 5) is 0. The average Bonchev–Trinajstić information content (AvgIpc) is 2.05. The molecular weight excluding hydrogens is 159 g/mol. The van der Waals surface area contributed by atoms with Crippen LogP contribution >= 0.6 is 0 Å². The SMILES string of the molecule is COc1ccc(B(O)O)cc1.O. The summed E-state index contributed by atoms with van der Waals surface area (Å²) in [6.07, 6.45) is 0. The van der Waals surface area contributed by atoms with Crippen LogP contribution in [0.25, 0.3) is 0 Å². The van der Waals surface area contributed by atoms with Gasteiger partial charge in [0.2, 0.25) is 0 Å². The molecule has 4 N–H and O–H groups in total. The van der Waals surface area contributed by atoms with E-state index in [0.717, 1.165) is 0 Å². The fourth-order valence-corrected chi connectivity index (χ4v) is 0.776.